The van der Waals surface area contributed by atoms with E-state index in [-0.39, 0.29) is 18.7 Å². The maximum Gasteiger partial charge on any atom is 0.294 e. The third-order valence-electron chi connectivity index (χ3n) is 2.56. The Kier molecular flexibility index (Phi) is 3.22. The Hall–Kier alpha value is -2.44. The predicted molar refractivity (Wildman–Crippen MR) is 63.7 cm³/mol. The van der Waals surface area contributed by atoms with Crippen molar-refractivity contribution >= 4 is 10.9 Å². The Balaban J connectivity index is 2.38. The van der Waals surface area contributed by atoms with Gasteiger partial charge in [-0.3, -0.25) is 9.36 Å². The number of aryl methyl sites for hydroxylation is 1. The molecule has 2 aromatic rings. The van der Waals surface area contributed by atoms with Crippen LogP contribution in [0.25, 0.3) is 10.9 Å². The summed E-state index contributed by atoms with van der Waals surface area (Å²) in [5.74, 6) is 0.505. The molecule has 7 heteroatoms. The molecule has 0 saturated heterocycles. The number of rotatable bonds is 4. The molecule has 1 aromatic heterocycles. The molecule has 0 fully saturated rings. The second-order valence-electron chi connectivity index (χ2n) is 3.69. The van der Waals surface area contributed by atoms with Crippen LogP contribution < -0.4 is 5.56 Å². The summed E-state index contributed by atoms with van der Waals surface area (Å²) < 4.78 is 1.37. The molecular weight excluding hydrogens is 238 g/mol. The highest BCUT2D eigenvalue weighted by atomic mass is 16.9. The van der Waals surface area contributed by atoms with Crippen molar-refractivity contribution in [3.8, 4) is 0 Å². The van der Waals surface area contributed by atoms with Crippen molar-refractivity contribution in [1.29, 1.82) is 0 Å². The van der Waals surface area contributed by atoms with Gasteiger partial charge < -0.3 is 4.84 Å². The van der Waals surface area contributed by atoms with Crippen LogP contribution >= 0.6 is 0 Å². The zero-order valence-corrected chi connectivity index (χ0v) is 9.70. The molecule has 1 heterocycles. The topological polar surface area (TPSA) is 87.3 Å². The highest BCUT2D eigenvalue weighted by Crippen LogP contribution is 2.07. The molecule has 18 heavy (non-hydrogen) atoms. The van der Waals surface area contributed by atoms with E-state index in [0.29, 0.717) is 16.7 Å². The van der Waals surface area contributed by atoms with E-state index in [0.717, 1.165) is 0 Å². The number of hydrogen-bond donors (Lipinski definition) is 0. The summed E-state index contributed by atoms with van der Waals surface area (Å²) in [4.78, 5) is 30.6. The van der Waals surface area contributed by atoms with E-state index in [4.69, 9.17) is 0 Å². The molecule has 0 aliphatic heterocycles. The number of para-hydroxylation sites is 1. The van der Waals surface area contributed by atoms with Crippen molar-refractivity contribution in [2.24, 2.45) is 0 Å². The van der Waals surface area contributed by atoms with Crippen molar-refractivity contribution in [2.75, 3.05) is 6.61 Å². The number of aromatic nitrogens is 2. The van der Waals surface area contributed by atoms with Gasteiger partial charge in [-0.1, -0.05) is 12.1 Å². The van der Waals surface area contributed by atoms with E-state index in [1.165, 1.54) is 4.57 Å². The van der Waals surface area contributed by atoms with Crippen molar-refractivity contribution in [3.63, 3.8) is 0 Å². The fourth-order valence-electron chi connectivity index (χ4n) is 1.75. The van der Waals surface area contributed by atoms with Gasteiger partial charge in [-0.25, -0.2) is 4.98 Å². The lowest BCUT2D eigenvalue weighted by molar-refractivity contribution is -0.758. The van der Waals surface area contributed by atoms with Crippen molar-refractivity contribution < 1.29 is 9.92 Å². The van der Waals surface area contributed by atoms with E-state index in [2.05, 4.69) is 9.82 Å². The minimum atomic E-state index is -0.880. The molecule has 0 bridgehead atoms. The Bertz CT molecular complexity index is 650. The molecule has 0 saturated carbocycles. The fourth-order valence-corrected chi connectivity index (χ4v) is 1.75. The van der Waals surface area contributed by atoms with Crippen LogP contribution in [0.5, 0.6) is 0 Å². The van der Waals surface area contributed by atoms with E-state index in [1.54, 1.807) is 31.2 Å². The third kappa shape index (κ3) is 2.29. The quantitative estimate of drug-likeness (QED) is 0.593. The van der Waals surface area contributed by atoms with Crippen molar-refractivity contribution in [2.45, 2.75) is 13.5 Å². The van der Waals surface area contributed by atoms with Gasteiger partial charge in [0.25, 0.3) is 10.6 Å². The highest BCUT2D eigenvalue weighted by Gasteiger charge is 2.07. The summed E-state index contributed by atoms with van der Waals surface area (Å²) in [5, 5.41) is 9.66. The first kappa shape index (κ1) is 12.0. The number of nitrogens with zero attached hydrogens (tertiary/aromatic N) is 3. The molecule has 94 valence electrons. The zero-order chi connectivity index (χ0) is 13.1. The Labute approximate surface area is 102 Å². The highest BCUT2D eigenvalue weighted by molar-refractivity contribution is 5.77. The second-order valence-corrected chi connectivity index (χ2v) is 3.69. The Morgan fingerprint density at radius 3 is 2.89 bits per heavy atom. The average molecular weight is 249 g/mol. The number of benzene rings is 1. The minimum absolute atomic E-state index is 0.101. The number of hydrogen-bond acceptors (Lipinski definition) is 5. The fraction of sp³-hybridized carbons (Fsp3) is 0.273. The van der Waals surface area contributed by atoms with Gasteiger partial charge in [-0.15, -0.1) is 10.1 Å². The van der Waals surface area contributed by atoms with Crippen molar-refractivity contribution in [1.82, 2.24) is 9.55 Å². The summed E-state index contributed by atoms with van der Waals surface area (Å²) in [6, 6.07) is 6.98. The summed E-state index contributed by atoms with van der Waals surface area (Å²) in [6.45, 7) is 1.61. The third-order valence-corrected chi connectivity index (χ3v) is 2.56. The van der Waals surface area contributed by atoms with Crippen LogP contribution in [0.2, 0.25) is 0 Å². The van der Waals surface area contributed by atoms with Crippen LogP contribution in [-0.4, -0.2) is 21.2 Å². The molecule has 0 amide bonds. The summed E-state index contributed by atoms with van der Waals surface area (Å²) >= 11 is 0. The summed E-state index contributed by atoms with van der Waals surface area (Å²) in [7, 11) is 0. The summed E-state index contributed by atoms with van der Waals surface area (Å²) in [5.41, 5.74) is 0.400. The molecule has 0 radical (unpaired) electrons. The first-order valence-electron chi connectivity index (χ1n) is 5.33. The van der Waals surface area contributed by atoms with Gasteiger partial charge in [0.05, 0.1) is 17.4 Å². The van der Waals surface area contributed by atoms with E-state index >= 15 is 0 Å². The van der Waals surface area contributed by atoms with Gasteiger partial charge in [0.15, 0.2) is 0 Å². The van der Waals surface area contributed by atoms with Crippen LogP contribution in [0.3, 0.4) is 0 Å². The molecule has 0 unspecified atom stereocenters. The van der Waals surface area contributed by atoms with Crippen LogP contribution in [0.1, 0.15) is 5.82 Å². The molecule has 1 aromatic carbocycles. The van der Waals surface area contributed by atoms with Gasteiger partial charge in [0.1, 0.15) is 12.4 Å². The van der Waals surface area contributed by atoms with Crippen LogP contribution in [0, 0.1) is 17.0 Å². The van der Waals surface area contributed by atoms with E-state index in [9.17, 15) is 14.9 Å². The zero-order valence-electron chi connectivity index (χ0n) is 9.70. The molecule has 0 aliphatic rings. The van der Waals surface area contributed by atoms with Gasteiger partial charge in [0, 0.05) is 0 Å². The van der Waals surface area contributed by atoms with Gasteiger partial charge >= 0.3 is 0 Å². The summed E-state index contributed by atoms with van der Waals surface area (Å²) in [6.07, 6.45) is 0. The Morgan fingerprint density at radius 1 is 1.44 bits per heavy atom. The molecule has 0 spiro atoms. The maximum atomic E-state index is 12.1. The molecule has 7 nitrogen and oxygen atoms in total. The van der Waals surface area contributed by atoms with E-state index in [1.807, 2.05) is 0 Å². The lowest BCUT2D eigenvalue weighted by Crippen LogP contribution is -2.26. The maximum absolute atomic E-state index is 12.1. The van der Waals surface area contributed by atoms with Crippen LogP contribution in [-0.2, 0) is 11.4 Å². The minimum Gasteiger partial charge on any atom is -0.312 e. The van der Waals surface area contributed by atoms with Gasteiger partial charge in [-0.2, -0.15) is 0 Å². The van der Waals surface area contributed by atoms with Gasteiger partial charge in [0.2, 0.25) is 0 Å². The number of fused-ring (bicyclic) bond motifs is 1. The SMILES string of the molecule is Cc1nc2ccccc2c(=O)n1CCO[N+](=O)[O-]. The smallest absolute Gasteiger partial charge is 0.294 e. The molecular formula is C11H11N3O4. The first-order valence-corrected chi connectivity index (χ1v) is 5.33. The molecule has 0 N–H and O–H groups in total. The second kappa shape index (κ2) is 4.82. The normalized spacial score (nSPS) is 10.5. The average Bonchev–Trinajstić information content (AvgIpc) is 2.33. The molecule has 0 aliphatic carbocycles. The molecule has 0 atom stereocenters. The lowest BCUT2D eigenvalue weighted by Gasteiger charge is -2.09. The Morgan fingerprint density at radius 2 is 2.17 bits per heavy atom. The molecule has 2 rings (SSSR count). The predicted octanol–water partition coefficient (Wildman–Crippen LogP) is 0.913. The van der Waals surface area contributed by atoms with Crippen LogP contribution in [0.4, 0.5) is 0 Å². The monoisotopic (exact) mass is 249 g/mol. The van der Waals surface area contributed by atoms with E-state index < -0.39 is 5.09 Å². The van der Waals surface area contributed by atoms with Gasteiger partial charge in [-0.05, 0) is 19.1 Å². The van der Waals surface area contributed by atoms with Crippen LogP contribution in [0.15, 0.2) is 29.1 Å². The lowest BCUT2D eigenvalue weighted by atomic mass is 10.2. The largest absolute Gasteiger partial charge is 0.312 e. The first-order chi connectivity index (χ1) is 8.59. The van der Waals surface area contributed by atoms with Crippen molar-refractivity contribution in [3.05, 3.63) is 50.6 Å². The standard InChI is InChI=1S/C11H11N3O4/c1-8-12-10-5-3-2-4-9(10)11(15)13(8)6-7-18-14(16)17/h2-5H,6-7H2,1H3.